The largest absolute Gasteiger partial charge is 0.471 e. The van der Waals surface area contributed by atoms with Gasteiger partial charge < -0.3 is 9.47 Å². The number of benzene rings is 1. The molecule has 11 heteroatoms. The van der Waals surface area contributed by atoms with Crippen LogP contribution in [0.3, 0.4) is 0 Å². The fraction of sp³-hybridized carbons (Fsp3) is 0.429. The monoisotopic (exact) mass is 461 g/mol. The number of ether oxygens (including phenoxy) is 2. The van der Waals surface area contributed by atoms with Crippen LogP contribution in [0, 0.1) is 33.8 Å². The number of esters is 1. The number of hydrazone groups is 1. The fourth-order valence-electron chi connectivity index (χ4n) is 4.56. The minimum absolute atomic E-state index is 0.0208. The number of allylic oxidation sites excluding steroid dienone is 2. The molecule has 3 aliphatic rings. The lowest BCUT2D eigenvalue weighted by Crippen LogP contribution is -2.28. The van der Waals surface area contributed by atoms with Gasteiger partial charge in [-0.15, -0.1) is 0 Å². The molecule has 0 N–H and O–H groups in total. The number of hydrogen-bond donors (Lipinski definition) is 0. The highest BCUT2D eigenvalue weighted by molar-refractivity contribution is 6.31. The van der Waals surface area contributed by atoms with E-state index in [1.807, 2.05) is 12.2 Å². The number of carbonyl (C=O) groups is 3. The zero-order valence-electron chi connectivity index (χ0n) is 17.3. The van der Waals surface area contributed by atoms with E-state index in [4.69, 9.17) is 21.1 Å². The summed E-state index contributed by atoms with van der Waals surface area (Å²) in [4.78, 5) is 48.4. The van der Waals surface area contributed by atoms with Gasteiger partial charge in [0.15, 0.2) is 6.10 Å². The van der Waals surface area contributed by atoms with Crippen molar-refractivity contribution in [3.63, 3.8) is 0 Å². The first-order valence-corrected chi connectivity index (χ1v) is 10.5. The maximum absolute atomic E-state index is 12.8. The van der Waals surface area contributed by atoms with E-state index in [0.29, 0.717) is 0 Å². The normalized spacial score (nSPS) is 26.7. The molecule has 0 spiro atoms. The third-order valence-corrected chi connectivity index (χ3v) is 6.15. The van der Waals surface area contributed by atoms with E-state index >= 15 is 0 Å². The van der Waals surface area contributed by atoms with Gasteiger partial charge in [0, 0.05) is 16.7 Å². The van der Waals surface area contributed by atoms with Gasteiger partial charge in [-0.2, -0.15) is 10.1 Å². The molecule has 1 aliphatic heterocycles. The molecule has 4 rings (SSSR count). The molecular formula is C21H20ClN3O7. The Morgan fingerprint density at radius 3 is 2.50 bits per heavy atom. The van der Waals surface area contributed by atoms with Crippen LogP contribution in [0.5, 0.6) is 5.75 Å². The summed E-state index contributed by atoms with van der Waals surface area (Å²) < 4.78 is 10.4. The van der Waals surface area contributed by atoms with Crippen LogP contribution in [0.25, 0.3) is 0 Å². The van der Waals surface area contributed by atoms with Crippen LogP contribution in [0.15, 0.2) is 29.4 Å². The third kappa shape index (κ3) is 3.64. The summed E-state index contributed by atoms with van der Waals surface area (Å²) in [5.41, 5.74) is -0.451. The van der Waals surface area contributed by atoms with E-state index in [0.717, 1.165) is 23.7 Å². The Morgan fingerprint density at radius 1 is 1.31 bits per heavy atom. The fourth-order valence-corrected chi connectivity index (χ4v) is 4.79. The van der Waals surface area contributed by atoms with Gasteiger partial charge in [0.2, 0.25) is 5.75 Å². The number of fused-ring (bicyclic) bond motifs is 5. The number of rotatable bonds is 7. The number of hydrogen-bond acceptors (Lipinski definition) is 8. The minimum atomic E-state index is -1.15. The van der Waals surface area contributed by atoms with Gasteiger partial charge in [-0.3, -0.25) is 19.7 Å². The highest BCUT2D eigenvalue weighted by atomic mass is 35.5. The predicted molar refractivity (Wildman–Crippen MR) is 112 cm³/mol. The summed E-state index contributed by atoms with van der Waals surface area (Å²) in [5, 5.41) is 16.4. The molecule has 0 radical (unpaired) electrons. The molecule has 2 fully saturated rings. The van der Waals surface area contributed by atoms with Gasteiger partial charge in [0.05, 0.1) is 29.6 Å². The van der Waals surface area contributed by atoms with Gasteiger partial charge >= 0.3 is 11.7 Å². The van der Waals surface area contributed by atoms with Crippen LogP contribution in [-0.4, -0.2) is 46.6 Å². The van der Waals surface area contributed by atoms with Gasteiger partial charge in [-0.25, -0.2) is 4.79 Å². The maximum Gasteiger partial charge on any atom is 0.347 e. The number of carbonyl (C=O) groups excluding carboxylic acids is 3. The van der Waals surface area contributed by atoms with Crippen molar-refractivity contribution < 1.29 is 28.8 Å². The molecule has 168 valence electrons. The maximum atomic E-state index is 12.8. The molecule has 2 bridgehead atoms. The number of nitrogens with zero attached hydrogens (tertiary/aromatic N) is 3. The Kier molecular flexibility index (Phi) is 5.72. The molecular weight excluding hydrogens is 442 g/mol. The van der Waals surface area contributed by atoms with E-state index < -0.39 is 46.3 Å². The van der Waals surface area contributed by atoms with Gasteiger partial charge in [-0.1, -0.05) is 23.8 Å². The van der Waals surface area contributed by atoms with Crippen molar-refractivity contribution in [1.29, 1.82) is 0 Å². The minimum Gasteiger partial charge on any atom is -0.471 e. The lowest BCUT2D eigenvalue weighted by Gasteiger charge is -2.16. The Hall–Kier alpha value is -3.27. The molecule has 0 unspecified atom stereocenters. The molecule has 0 aromatic heterocycles. The number of amides is 2. The standard InChI is InChI=1S/C21H20ClN3O7/c1-3-31-21(28)10(2)32-18-13(7-14(22)8-15(18)25(29)30)9-23-24-19(26)16-11-4-5-12(6-11)17(16)20(24)27/h4-5,7-12,16-17H,3,6H2,1-2H3/t10-,11-,12-,16-,17+/m0/s1. The summed E-state index contributed by atoms with van der Waals surface area (Å²) in [6.07, 6.45) is 4.67. The highest BCUT2D eigenvalue weighted by Gasteiger charge is 2.59. The lowest BCUT2D eigenvalue weighted by molar-refractivity contribution is -0.386. The summed E-state index contributed by atoms with van der Waals surface area (Å²) in [7, 11) is 0. The molecule has 1 saturated carbocycles. The van der Waals surface area contributed by atoms with Crippen molar-refractivity contribution in [3.8, 4) is 5.75 Å². The van der Waals surface area contributed by atoms with Crippen LogP contribution in [0.1, 0.15) is 25.8 Å². The Balaban J connectivity index is 1.65. The number of halogens is 1. The van der Waals surface area contributed by atoms with Crippen molar-refractivity contribution in [3.05, 3.63) is 45.0 Å². The van der Waals surface area contributed by atoms with Gasteiger partial charge in [-0.05, 0) is 38.2 Å². The number of nitro groups is 1. The molecule has 5 atom stereocenters. The summed E-state index contributed by atoms with van der Waals surface area (Å²) in [5.74, 6) is -2.58. The average Bonchev–Trinajstić information content (AvgIpc) is 3.42. The molecule has 32 heavy (non-hydrogen) atoms. The van der Waals surface area contributed by atoms with Crippen molar-refractivity contribution in [2.24, 2.45) is 28.8 Å². The van der Waals surface area contributed by atoms with Crippen molar-refractivity contribution in [2.75, 3.05) is 6.61 Å². The Bertz CT molecular complexity index is 1040. The molecule has 1 aromatic rings. The summed E-state index contributed by atoms with van der Waals surface area (Å²) >= 11 is 6.02. The van der Waals surface area contributed by atoms with Gasteiger partial charge in [0.1, 0.15) is 0 Å². The Morgan fingerprint density at radius 2 is 1.94 bits per heavy atom. The first-order chi connectivity index (χ1) is 15.2. The van der Waals surface area contributed by atoms with E-state index in [-0.39, 0.29) is 34.8 Å². The molecule has 1 saturated heterocycles. The summed E-state index contributed by atoms with van der Waals surface area (Å²) in [6.45, 7) is 3.12. The SMILES string of the molecule is CCOC(=O)[C@H](C)Oc1c(C=NN2C(=O)[C@@H]3[C@H](C2=O)[C@H]2C=C[C@H]3C2)cc(Cl)cc1[N+](=O)[O-]. The smallest absolute Gasteiger partial charge is 0.347 e. The van der Waals surface area contributed by atoms with Crippen molar-refractivity contribution >= 4 is 41.3 Å². The van der Waals surface area contributed by atoms with E-state index in [1.54, 1.807) is 6.92 Å². The van der Waals surface area contributed by atoms with Crippen LogP contribution < -0.4 is 4.74 Å². The second-order valence-electron chi connectivity index (χ2n) is 7.85. The van der Waals surface area contributed by atoms with Crippen molar-refractivity contribution in [1.82, 2.24) is 5.01 Å². The topological polar surface area (TPSA) is 128 Å². The van der Waals surface area contributed by atoms with E-state index in [2.05, 4.69) is 5.10 Å². The third-order valence-electron chi connectivity index (χ3n) is 5.93. The predicted octanol–water partition coefficient (Wildman–Crippen LogP) is 2.72. The number of imide groups is 1. The van der Waals surface area contributed by atoms with E-state index in [1.165, 1.54) is 13.0 Å². The zero-order chi connectivity index (χ0) is 23.2. The lowest BCUT2D eigenvalue weighted by atomic mass is 9.85. The quantitative estimate of drug-likeness (QED) is 0.152. The molecule has 1 aromatic carbocycles. The molecule has 10 nitrogen and oxygen atoms in total. The van der Waals surface area contributed by atoms with Crippen molar-refractivity contribution in [2.45, 2.75) is 26.4 Å². The average molecular weight is 462 g/mol. The molecule has 2 amide bonds. The zero-order valence-corrected chi connectivity index (χ0v) is 18.0. The first kappa shape index (κ1) is 21.9. The van der Waals surface area contributed by atoms with Crippen LogP contribution in [-0.2, 0) is 19.1 Å². The van der Waals surface area contributed by atoms with Crippen LogP contribution in [0.4, 0.5) is 5.69 Å². The van der Waals surface area contributed by atoms with E-state index in [9.17, 15) is 24.5 Å². The van der Waals surface area contributed by atoms with Gasteiger partial charge in [0.25, 0.3) is 11.8 Å². The second kappa shape index (κ2) is 8.34. The second-order valence-corrected chi connectivity index (χ2v) is 8.28. The first-order valence-electron chi connectivity index (χ1n) is 10.1. The molecule has 2 aliphatic carbocycles. The van der Waals surface area contributed by atoms with Crippen LogP contribution in [0.2, 0.25) is 5.02 Å². The van der Waals surface area contributed by atoms with Crippen LogP contribution >= 0.6 is 11.6 Å². The Labute approximate surface area is 187 Å². The summed E-state index contributed by atoms with van der Waals surface area (Å²) in [6, 6.07) is 2.41. The highest BCUT2D eigenvalue weighted by Crippen LogP contribution is 2.52. The molecule has 1 heterocycles. The number of nitro benzene ring substituents is 1.